The monoisotopic (exact) mass is 513 g/mol. The molecule has 2 saturated heterocycles. The number of amides is 4. The van der Waals surface area contributed by atoms with E-state index in [2.05, 4.69) is 6.07 Å². The molecule has 0 atom stereocenters. The summed E-state index contributed by atoms with van der Waals surface area (Å²) in [6.07, 6.45) is 0. The molecule has 2 aliphatic rings. The van der Waals surface area contributed by atoms with Crippen molar-refractivity contribution in [2.24, 2.45) is 5.41 Å². The molecule has 2 aliphatic heterocycles. The van der Waals surface area contributed by atoms with Crippen LogP contribution < -0.4 is 9.80 Å². The summed E-state index contributed by atoms with van der Waals surface area (Å²) in [4.78, 5) is 53.2. The molecule has 0 bridgehead atoms. The van der Waals surface area contributed by atoms with Crippen molar-refractivity contribution in [3.05, 3.63) is 84.4 Å². The number of carbonyl (C=O) groups is 4. The first-order chi connectivity index (χ1) is 15.4. The number of β-lactam (4-membered cyclic amide) rings is 4. The fourth-order valence-corrected chi connectivity index (χ4v) is 4.12. The molecule has 3 aromatic rings. The molecule has 33 heavy (non-hydrogen) atoms. The molecule has 0 aromatic heterocycles. The zero-order valence-electron chi connectivity index (χ0n) is 18.0. The summed E-state index contributed by atoms with van der Waals surface area (Å²) in [6.45, 7) is 2.02. The van der Waals surface area contributed by atoms with Gasteiger partial charge in [-0.3, -0.25) is 24.1 Å². The Morgan fingerprint density at radius 2 is 1.15 bits per heavy atom. The van der Waals surface area contributed by atoms with Crippen LogP contribution in [0.4, 0.5) is 22.7 Å². The number of imide groups is 2. The maximum atomic E-state index is 12.7. The van der Waals surface area contributed by atoms with E-state index < -0.39 is 29.0 Å². The predicted octanol–water partition coefficient (Wildman–Crippen LogP) is 3.12. The first-order valence-corrected chi connectivity index (χ1v) is 10.0. The number of benzene rings is 3. The van der Waals surface area contributed by atoms with Crippen molar-refractivity contribution < 1.29 is 51.9 Å². The van der Waals surface area contributed by atoms with Gasteiger partial charge in [-0.05, 0) is 43.3 Å². The summed E-state index contributed by atoms with van der Waals surface area (Å²) < 4.78 is 0. The number of aryl methyl sites for hydroxylation is 1. The Bertz CT molecular complexity index is 1240. The second-order valence-electron chi connectivity index (χ2n) is 7.81. The summed E-state index contributed by atoms with van der Waals surface area (Å²) >= 11 is 0. The number of hydrogen-bond acceptors (Lipinski definition) is 5. The molecule has 2 heterocycles. The summed E-state index contributed by atoms with van der Waals surface area (Å²) in [5.74, 6) is -3.12. The maximum Gasteiger partial charge on any atom is 0.285 e. The van der Waals surface area contributed by atoms with Crippen LogP contribution in [0.1, 0.15) is 5.56 Å². The topological polar surface area (TPSA) is 78.0 Å². The Hall–Kier alpha value is -3.16. The van der Waals surface area contributed by atoms with Crippen LogP contribution in [0, 0.1) is 18.4 Å². The maximum absolute atomic E-state index is 12.7. The Morgan fingerprint density at radius 1 is 0.697 bits per heavy atom. The fourth-order valence-electron chi connectivity index (χ4n) is 4.12. The van der Waals surface area contributed by atoms with Gasteiger partial charge in [0.2, 0.25) is 0 Å². The van der Waals surface area contributed by atoms with Gasteiger partial charge in [0.1, 0.15) is 0 Å². The van der Waals surface area contributed by atoms with Crippen LogP contribution in [0.15, 0.2) is 72.8 Å². The number of anilines is 4. The predicted molar refractivity (Wildman–Crippen MR) is 117 cm³/mol. The van der Waals surface area contributed by atoms with Gasteiger partial charge in [0.15, 0.2) is 0 Å². The fraction of sp³-hybridized carbons (Fsp3) is 0.120. The summed E-state index contributed by atoms with van der Waals surface area (Å²) in [5, 5.41) is 0. The van der Waals surface area contributed by atoms with Crippen molar-refractivity contribution in [3.8, 4) is 0 Å². The molecule has 8 heteroatoms. The molecular weight excluding hydrogens is 495 g/mol. The van der Waals surface area contributed by atoms with Gasteiger partial charge in [-0.25, -0.2) is 4.90 Å². The first-order valence-electron chi connectivity index (χ1n) is 10.0. The molecule has 0 unspecified atom stereocenters. The Labute approximate surface area is 215 Å². The zero-order chi connectivity index (χ0) is 22.6. The minimum atomic E-state index is -2.16. The van der Waals surface area contributed by atoms with Gasteiger partial charge >= 0.3 is 0 Å². The van der Waals surface area contributed by atoms with E-state index in [9.17, 15) is 19.2 Å². The van der Waals surface area contributed by atoms with Gasteiger partial charge in [0.05, 0.1) is 5.69 Å². The van der Waals surface area contributed by atoms with E-state index in [1.807, 2.05) is 60.4 Å². The number of carbonyl (C=O) groups excluding carboxylic acids is 4. The third-order valence-electron chi connectivity index (χ3n) is 5.92. The van der Waals surface area contributed by atoms with Crippen LogP contribution in [-0.4, -0.2) is 35.6 Å². The number of hydrogen-bond donors (Lipinski definition) is 0. The largest absolute Gasteiger partial charge is 0.334 e. The van der Waals surface area contributed by atoms with Crippen molar-refractivity contribution in [1.29, 1.82) is 0 Å². The van der Waals surface area contributed by atoms with E-state index in [4.69, 9.17) is 0 Å². The molecule has 4 amide bonds. The van der Waals surface area contributed by atoms with Gasteiger partial charge in [0, 0.05) is 51.1 Å². The van der Waals surface area contributed by atoms with E-state index in [0.717, 1.165) is 32.4 Å². The van der Waals surface area contributed by atoms with Crippen LogP contribution in [0.5, 0.6) is 0 Å². The molecule has 1 radical (unpaired) electrons. The van der Waals surface area contributed by atoms with Crippen LogP contribution >= 0.6 is 0 Å². The van der Waals surface area contributed by atoms with Crippen molar-refractivity contribution in [3.63, 3.8) is 0 Å². The van der Waals surface area contributed by atoms with Crippen molar-refractivity contribution in [2.75, 3.05) is 16.8 Å². The molecule has 0 aliphatic carbocycles. The SMILES string of the molecule is Cc1ccc(N(c2cc[c-]cc2)c2ccc(N3C(=O)C4(C(=O)N(C)C4=O)C3=O)cc2)cc1.[Y]. The van der Waals surface area contributed by atoms with E-state index in [1.54, 1.807) is 24.3 Å². The molecule has 7 nitrogen and oxygen atoms in total. The van der Waals surface area contributed by atoms with E-state index in [0.29, 0.717) is 5.69 Å². The molecule has 2 fully saturated rings. The molecule has 0 N–H and O–H groups in total. The van der Waals surface area contributed by atoms with Crippen molar-refractivity contribution in [1.82, 2.24) is 4.90 Å². The smallest absolute Gasteiger partial charge is 0.285 e. The standard InChI is InChI=1S/C25H18N3O4.Y/c1-16-8-10-18(11-9-16)27(17-6-4-3-5-7-17)19-12-14-20(15-13-19)28-23(31)25(24(28)32)21(29)26(2)22(25)30;/h4-15H,1-2H3;/q-1;. The third kappa shape index (κ3) is 3.18. The number of likely N-dealkylation sites (tertiary alicyclic amines) is 1. The first kappa shape index (κ1) is 23.0. The van der Waals surface area contributed by atoms with Gasteiger partial charge in [-0.2, -0.15) is 18.2 Å². The van der Waals surface area contributed by atoms with Crippen LogP contribution in [0.2, 0.25) is 0 Å². The van der Waals surface area contributed by atoms with Gasteiger partial charge < -0.3 is 4.90 Å². The van der Waals surface area contributed by atoms with Crippen LogP contribution in [-0.2, 0) is 51.9 Å². The second kappa shape index (κ2) is 8.32. The molecule has 1 spiro atoms. The van der Waals surface area contributed by atoms with E-state index >= 15 is 0 Å². The summed E-state index contributed by atoms with van der Waals surface area (Å²) in [5.41, 5.74) is 1.97. The minimum absolute atomic E-state index is 0. The summed E-state index contributed by atoms with van der Waals surface area (Å²) in [6, 6.07) is 25.4. The molecule has 161 valence electrons. The quantitative estimate of drug-likeness (QED) is 0.305. The van der Waals surface area contributed by atoms with Gasteiger partial charge in [-0.15, -0.1) is 12.1 Å². The van der Waals surface area contributed by atoms with Crippen LogP contribution in [0.3, 0.4) is 0 Å². The number of nitrogens with zero attached hydrogens (tertiary/aromatic N) is 3. The average Bonchev–Trinajstić information content (AvgIpc) is 2.82. The minimum Gasteiger partial charge on any atom is -0.334 e. The Kier molecular flexibility index (Phi) is 5.80. The molecule has 0 saturated carbocycles. The molecule has 5 rings (SSSR count). The second-order valence-corrected chi connectivity index (χ2v) is 7.81. The van der Waals surface area contributed by atoms with Gasteiger partial charge in [0.25, 0.3) is 29.0 Å². The van der Waals surface area contributed by atoms with Gasteiger partial charge in [-0.1, -0.05) is 23.4 Å². The normalized spacial score (nSPS) is 16.3. The zero-order valence-corrected chi connectivity index (χ0v) is 20.8. The van der Waals surface area contributed by atoms with Crippen LogP contribution in [0.25, 0.3) is 0 Å². The van der Waals surface area contributed by atoms with E-state index in [1.165, 1.54) is 7.05 Å². The Morgan fingerprint density at radius 3 is 1.67 bits per heavy atom. The summed E-state index contributed by atoms with van der Waals surface area (Å²) in [7, 11) is 1.26. The third-order valence-corrected chi connectivity index (χ3v) is 5.92. The number of rotatable bonds is 4. The average molecular weight is 513 g/mol. The van der Waals surface area contributed by atoms with E-state index in [-0.39, 0.29) is 32.7 Å². The molecular formula is C25H18N3O4Y-. The van der Waals surface area contributed by atoms with Crippen molar-refractivity contribution in [2.45, 2.75) is 6.92 Å². The molecule has 3 aromatic carbocycles. The van der Waals surface area contributed by atoms with Crippen molar-refractivity contribution >= 4 is 46.4 Å². The Balaban J connectivity index is 0.00000259.